The Morgan fingerprint density at radius 2 is 2.14 bits per heavy atom. The van der Waals surface area contributed by atoms with Gasteiger partial charge in [-0.2, -0.15) is 5.26 Å². The molecular weight excluding hydrogens is 578 g/mol. The molecule has 10 nitrogen and oxygen atoms in total. The maximum Gasteiger partial charge on any atom is 0.236 e. The van der Waals surface area contributed by atoms with E-state index in [4.69, 9.17) is 10.3 Å². The Morgan fingerprint density at radius 1 is 1.35 bits per heavy atom. The Hall–Kier alpha value is -3.47. The lowest BCUT2D eigenvalue weighted by atomic mass is 9.76. The van der Waals surface area contributed by atoms with Gasteiger partial charge in [0.15, 0.2) is 15.9 Å². The number of benzene rings is 1. The zero-order chi connectivity index (χ0) is 26.1. The summed E-state index contributed by atoms with van der Waals surface area (Å²) in [5.41, 5.74) is 9.01. The zero-order valence-corrected chi connectivity index (χ0v) is 22.7. The van der Waals surface area contributed by atoms with E-state index in [9.17, 15) is 14.9 Å². The Kier molecular flexibility index (Phi) is 7.14. The molecule has 0 saturated heterocycles. The predicted molar refractivity (Wildman–Crippen MR) is 143 cm³/mol. The lowest BCUT2D eigenvalue weighted by Gasteiger charge is -2.38. The van der Waals surface area contributed by atoms with E-state index in [0.29, 0.717) is 51.5 Å². The number of halogens is 1. The molecule has 1 aromatic carbocycles. The summed E-state index contributed by atoms with van der Waals surface area (Å²) in [4.78, 5) is 27.2. The van der Waals surface area contributed by atoms with E-state index in [1.165, 1.54) is 23.1 Å². The molecule has 3 aromatic rings. The van der Waals surface area contributed by atoms with Gasteiger partial charge in [-0.15, -0.1) is 10.2 Å². The van der Waals surface area contributed by atoms with E-state index in [0.717, 1.165) is 15.7 Å². The van der Waals surface area contributed by atoms with Crippen molar-refractivity contribution in [1.29, 1.82) is 5.26 Å². The van der Waals surface area contributed by atoms with Crippen LogP contribution in [0.2, 0.25) is 0 Å². The molecule has 37 heavy (non-hydrogen) atoms. The van der Waals surface area contributed by atoms with Gasteiger partial charge in [0.2, 0.25) is 11.0 Å². The lowest BCUT2D eigenvalue weighted by molar-refractivity contribution is -0.116. The Bertz CT molecular complexity index is 1490. The summed E-state index contributed by atoms with van der Waals surface area (Å²) < 4.78 is 6.40. The van der Waals surface area contributed by atoms with Crippen LogP contribution in [-0.2, 0) is 9.59 Å². The van der Waals surface area contributed by atoms with Crippen molar-refractivity contribution in [3.8, 4) is 6.07 Å². The number of nitrogens with two attached hydrogens (primary N) is 1. The van der Waals surface area contributed by atoms with E-state index < -0.39 is 5.92 Å². The molecule has 2 aromatic heterocycles. The molecule has 1 amide bonds. The number of Topliss-reactive ketones (excluding diaryl/α,β-unsaturated/α-hetero) is 1. The minimum atomic E-state index is -0.539. The third kappa shape index (κ3) is 5.04. The highest BCUT2D eigenvalue weighted by molar-refractivity contribution is 9.10. The van der Waals surface area contributed by atoms with Crippen molar-refractivity contribution in [2.45, 2.75) is 36.4 Å². The average Bonchev–Trinajstić information content (AvgIpc) is 3.51. The van der Waals surface area contributed by atoms with E-state index in [-0.39, 0.29) is 23.3 Å². The Morgan fingerprint density at radius 3 is 2.84 bits per heavy atom. The number of amides is 1. The molecule has 0 saturated carbocycles. The quantitative estimate of drug-likeness (QED) is 0.384. The summed E-state index contributed by atoms with van der Waals surface area (Å²) in [7, 11) is 0. The summed E-state index contributed by atoms with van der Waals surface area (Å²) in [5.74, 6) is 0.458. The fourth-order valence-electron chi connectivity index (χ4n) is 4.38. The second kappa shape index (κ2) is 10.5. The first kappa shape index (κ1) is 25.2. The molecule has 3 N–H and O–H groups in total. The average molecular weight is 599 g/mol. The summed E-state index contributed by atoms with van der Waals surface area (Å²) in [6.45, 7) is 1.74. The Labute approximate surface area is 228 Å². The highest BCUT2D eigenvalue weighted by Crippen LogP contribution is 2.47. The van der Waals surface area contributed by atoms with Gasteiger partial charge in [0, 0.05) is 28.2 Å². The molecule has 1 aliphatic heterocycles. The zero-order valence-electron chi connectivity index (χ0n) is 19.5. The van der Waals surface area contributed by atoms with Crippen LogP contribution in [0.15, 0.2) is 66.3 Å². The number of nitrogens with one attached hydrogen (secondary N) is 1. The van der Waals surface area contributed by atoms with Gasteiger partial charge >= 0.3 is 0 Å². The van der Waals surface area contributed by atoms with Gasteiger partial charge < -0.3 is 15.6 Å². The number of ketones is 1. The topological polar surface area (TPSA) is 151 Å². The monoisotopic (exact) mass is 597 g/mol. The molecule has 2 aliphatic rings. The van der Waals surface area contributed by atoms with Gasteiger partial charge in [0.1, 0.15) is 11.6 Å². The molecule has 13 heteroatoms. The van der Waals surface area contributed by atoms with Crippen LogP contribution in [0, 0.1) is 18.3 Å². The standard InChI is InChI=1S/C24H20BrN7O3S2/c1-12-9-18(31-35-12)28-19(34)11-36-24-30-29-23(37-24)32-16-3-2-4-17(33)21(16)20(15(10-26)22(32)27)13-5-7-14(25)8-6-13/h5-9,20H,2-4,11,27H2,1H3,(H,28,31,34). The molecule has 5 rings (SSSR count). The van der Waals surface area contributed by atoms with Crippen molar-refractivity contribution in [2.24, 2.45) is 5.73 Å². The summed E-state index contributed by atoms with van der Waals surface area (Å²) in [5, 5.41) is 25.5. The number of hydrogen-bond donors (Lipinski definition) is 2. The third-order valence-corrected chi connectivity index (χ3v) is 8.50. The number of allylic oxidation sites excluding steroid dienone is 3. The lowest BCUT2D eigenvalue weighted by Crippen LogP contribution is -2.38. The van der Waals surface area contributed by atoms with Crippen molar-refractivity contribution in [2.75, 3.05) is 16.0 Å². The first-order valence-electron chi connectivity index (χ1n) is 11.3. The number of rotatable bonds is 6. The maximum atomic E-state index is 13.2. The van der Waals surface area contributed by atoms with Gasteiger partial charge in [-0.25, -0.2) is 0 Å². The van der Waals surface area contributed by atoms with Crippen LogP contribution in [0.5, 0.6) is 0 Å². The van der Waals surface area contributed by atoms with Gasteiger partial charge in [0.05, 0.1) is 23.3 Å². The molecule has 1 aliphatic carbocycles. The number of carbonyl (C=O) groups excluding carboxylic acids is 2. The number of thioether (sulfide) groups is 1. The molecule has 0 spiro atoms. The largest absolute Gasteiger partial charge is 0.384 e. The molecule has 0 radical (unpaired) electrons. The Balaban J connectivity index is 1.43. The minimum absolute atomic E-state index is 0.00158. The summed E-state index contributed by atoms with van der Waals surface area (Å²) >= 11 is 5.89. The number of aromatic nitrogens is 3. The van der Waals surface area contributed by atoms with Crippen LogP contribution >= 0.6 is 39.0 Å². The maximum absolute atomic E-state index is 13.2. The SMILES string of the molecule is Cc1cc(NC(=O)CSc2nnc(N3C(N)=C(C#N)C(c4ccc(Br)cc4)C4=C3CCCC4=O)s2)no1. The van der Waals surface area contributed by atoms with E-state index in [1.54, 1.807) is 17.9 Å². The van der Waals surface area contributed by atoms with Crippen LogP contribution in [0.1, 0.15) is 36.5 Å². The number of nitriles is 1. The van der Waals surface area contributed by atoms with Gasteiger partial charge in [-0.1, -0.05) is 56.3 Å². The van der Waals surface area contributed by atoms with Crippen molar-refractivity contribution in [3.63, 3.8) is 0 Å². The number of carbonyl (C=O) groups is 2. The number of hydrogen-bond acceptors (Lipinski definition) is 11. The van der Waals surface area contributed by atoms with Crippen molar-refractivity contribution < 1.29 is 14.1 Å². The normalized spacial score (nSPS) is 17.6. The second-order valence-electron chi connectivity index (χ2n) is 8.38. The van der Waals surface area contributed by atoms with Crippen LogP contribution < -0.4 is 16.0 Å². The number of aryl methyl sites for hydroxylation is 1. The van der Waals surface area contributed by atoms with Crippen molar-refractivity contribution in [1.82, 2.24) is 15.4 Å². The van der Waals surface area contributed by atoms with Crippen LogP contribution in [0.3, 0.4) is 0 Å². The molecule has 0 bridgehead atoms. The predicted octanol–water partition coefficient (Wildman–Crippen LogP) is 4.63. The molecule has 188 valence electrons. The molecule has 1 atom stereocenters. The van der Waals surface area contributed by atoms with Gasteiger partial charge in [-0.05, 0) is 37.5 Å². The molecule has 1 unspecified atom stereocenters. The van der Waals surface area contributed by atoms with Gasteiger partial charge in [-0.3, -0.25) is 14.5 Å². The summed E-state index contributed by atoms with van der Waals surface area (Å²) in [6.07, 6.45) is 1.71. The third-order valence-electron chi connectivity index (χ3n) is 5.93. The highest BCUT2D eigenvalue weighted by atomic mass is 79.9. The smallest absolute Gasteiger partial charge is 0.236 e. The van der Waals surface area contributed by atoms with E-state index in [1.807, 2.05) is 24.3 Å². The first-order valence-corrected chi connectivity index (χ1v) is 13.9. The summed E-state index contributed by atoms with van der Waals surface area (Å²) in [6, 6.07) is 11.4. The number of nitrogens with zero attached hydrogens (tertiary/aromatic N) is 5. The molecular formula is C24H20BrN7O3S2. The molecule has 0 fully saturated rings. The minimum Gasteiger partial charge on any atom is -0.384 e. The highest BCUT2D eigenvalue weighted by Gasteiger charge is 2.41. The van der Waals surface area contributed by atoms with Crippen LogP contribution in [0.25, 0.3) is 0 Å². The fraction of sp³-hybridized carbons (Fsp3) is 0.250. The van der Waals surface area contributed by atoms with Crippen molar-refractivity contribution in [3.05, 3.63) is 68.8 Å². The van der Waals surface area contributed by atoms with E-state index in [2.05, 4.69) is 42.7 Å². The van der Waals surface area contributed by atoms with Crippen LogP contribution in [0.4, 0.5) is 10.9 Å². The van der Waals surface area contributed by atoms with E-state index >= 15 is 0 Å². The number of anilines is 2. The van der Waals surface area contributed by atoms with Crippen LogP contribution in [-0.4, -0.2) is 32.8 Å². The van der Waals surface area contributed by atoms with Crippen molar-refractivity contribution >= 4 is 61.7 Å². The fourth-order valence-corrected chi connectivity index (χ4v) is 6.32. The second-order valence-corrected chi connectivity index (χ2v) is 11.5. The van der Waals surface area contributed by atoms with Gasteiger partial charge in [0.25, 0.3) is 0 Å². The first-order chi connectivity index (χ1) is 17.9. The molecule has 3 heterocycles.